The second-order valence-corrected chi connectivity index (χ2v) is 7.26. The van der Waals surface area contributed by atoms with Gasteiger partial charge in [0.2, 0.25) is 0 Å². The van der Waals surface area contributed by atoms with Crippen LogP contribution in [0.2, 0.25) is 0 Å². The third-order valence-corrected chi connectivity index (χ3v) is 5.28. The molecule has 0 saturated carbocycles. The molecule has 31 heavy (non-hydrogen) atoms. The fraction of sp³-hybridized carbons (Fsp3) is 0.167. The van der Waals surface area contributed by atoms with Gasteiger partial charge in [-0.25, -0.2) is 8.78 Å². The molecule has 1 fully saturated rings. The highest BCUT2D eigenvalue weighted by molar-refractivity contribution is 6.51. The van der Waals surface area contributed by atoms with Gasteiger partial charge in [-0.05, 0) is 43.2 Å². The van der Waals surface area contributed by atoms with Crippen LogP contribution in [0.4, 0.5) is 14.5 Å². The molecule has 0 spiro atoms. The normalized spacial score (nSPS) is 18.1. The summed E-state index contributed by atoms with van der Waals surface area (Å²) in [7, 11) is 0. The Balaban J connectivity index is 1.93. The number of furan rings is 1. The number of ketones is 1. The second kappa shape index (κ2) is 7.83. The Morgan fingerprint density at radius 1 is 1.06 bits per heavy atom. The number of nitrogens with zero attached hydrogens (tertiary/aromatic N) is 1. The first-order valence-corrected chi connectivity index (χ1v) is 9.73. The van der Waals surface area contributed by atoms with Gasteiger partial charge in [0, 0.05) is 11.6 Å². The van der Waals surface area contributed by atoms with E-state index < -0.39 is 35.1 Å². The largest absolute Gasteiger partial charge is 0.507 e. The number of halogens is 2. The van der Waals surface area contributed by atoms with E-state index in [1.165, 1.54) is 0 Å². The van der Waals surface area contributed by atoms with Crippen LogP contribution in [0.5, 0.6) is 0 Å². The van der Waals surface area contributed by atoms with E-state index in [9.17, 15) is 23.5 Å². The molecule has 0 bridgehead atoms. The standard InChI is InChI=1S/C24H19F2NO4/c1-3-14-5-7-15(8-6-14)22(28)20-21(19-11-4-13(2)31-19)27(24(30)23(20)29)18-10-9-16(25)12-17(18)26/h4-12,21,28H,3H2,1-2H3/b22-20-. The number of hydrogen-bond donors (Lipinski definition) is 1. The summed E-state index contributed by atoms with van der Waals surface area (Å²) in [6.07, 6.45) is 0.793. The van der Waals surface area contributed by atoms with Gasteiger partial charge in [0.1, 0.15) is 35.0 Å². The highest BCUT2D eigenvalue weighted by Gasteiger charge is 2.49. The van der Waals surface area contributed by atoms with Crippen molar-refractivity contribution in [3.63, 3.8) is 0 Å². The first kappa shape index (κ1) is 20.5. The molecule has 0 aliphatic carbocycles. The summed E-state index contributed by atoms with van der Waals surface area (Å²) in [6, 6.07) is 11.6. The fourth-order valence-corrected chi connectivity index (χ4v) is 3.68. The number of carbonyl (C=O) groups excluding carboxylic acids is 2. The number of carbonyl (C=O) groups is 2. The van der Waals surface area contributed by atoms with Crippen LogP contribution >= 0.6 is 0 Å². The van der Waals surface area contributed by atoms with Crippen molar-refractivity contribution in [1.29, 1.82) is 0 Å². The summed E-state index contributed by atoms with van der Waals surface area (Å²) in [5.41, 5.74) is 0.849. The van der Waals surface area contributed by atoms with E-state index >= 15 is 0 Å². The van der Waals surface area contributed by atoms with Crippen molar-refractivity contribution < 1.29 is 27.9 Å². The molecule has 7 heteroatoms. The molecule has 1 N–H and O–H groups in total. The molecule has 1 amide bonds. The van der Waals surface area contributed by atoms with Gasteiger partial charge in [-0.15, -0.1) is 0 Å². The van der Waals surface area contributed by atoms with Crippen molar-refractivity contribution in [3.05, 3.63) is 94.5 Å². The number of Topliss-reactive ketones (excluding diaryl/α,β-unsaturated/α-hetero) is 1. The number of benzene rings is 2. The molecule has 1 aromatic heterocycles. The summed E-state index contributed by atoms with van der Waals surface area (Å²) in [4.78, 5) is 26.7. The maximum absolute atomic E-state index is 14.6. The van der Waals surface area contributed by atoms with E-state index in [4.69, 9.17) is 4.42 Å². The Morgan fingerprint density at radius 2 is 1.77 bits per heavy atom. The van der Waals surface area contributed by atoms with Gasteiger partial charge in [0.15, 0.2) is 0 Å². The lowest BCUT2D eigenvalue weighted by atomic mass is 9.98. The second-order valence-electron chi connectivity index (χ2n) is 7.26. The summed E-state index contributed by atoms with van der Waals surface area (Å²) in [5.74, 6) is -3.58. The van der Waals surface area contributed by atoms with Gasteiger partial charge in [-0.2, -0.15) is 0 Å². The Hall–Kier alpha value is -3.74. The van der Waals surface area contributed by atoms with Crippen molar-refractivity contribution in [2.75, 3.05) is 4.90 Å². The van der Waals surface area contributed by atoms with Gasteiger partial charge in [-0.3, -0.25) is 14.5 Å². The van der Waals surface area contributed by atoms with Gasteiger partial charge in [0.25, 0.3) is 11.7 Å². The van der Waals surface area contributed by atoms with E-state index in [0.29, 0.717) is 17.4 Å². The summed E-state index contributed by atoms with van der Waals surface area (Å²) < 4.78 is 33.7. The minimum Gasteiger partial charge on any atom is -0.507 e. The van der Waals surface area contributed by atoms with Crippen LogP contribution in [0.3, 0.4) is 0 Å². The molecule has 5 nitrogen and oxygen atoms in total. The molecular formula is C24H19F2NO4. The van der Waals surface area contributed by atoms with Crippen LogP contribution < -0.4 is 4.90 Å². The molecular weight excluding hydrogens is 404 g/mol. The van der Waals surface area contributed by atoms with Gasteiger partial charge >= 0.3 is 0 Å². The number of hydrogen-bond acceptors (Lipinski definition) is 4. The van der Waals surface area contributed by atoms with Crippen molar-refractivity contribution in [2.45, 2.75) is 26.3 Å². The topological polar surface area (TPSA) is 70.8 Å². The molecule has 1 atom stereocenters. The average Bonchev–Trinajstić information content (AvgIpc) is 3.29. The number of rotatable bonds is 4. The highest BCUT2D eigenvalue weighted by atomic mass is 19.1. The van der Waals surface area contributed by atoms with Crippen molar-refractivity contribution in [1.82, 2.24) is 0 Å². The fourth-order valence-electron chi connectivity index (χ4n) is 3.68. The molecule has 1 saturated heterocycles. The van der Waals surface area contributed by atoms with Crippen LogP contribution in [-0.2, 0) is 16.0 Å². The lowest BCUT2D eigenvalue weighted by Crippen LogP contribution is -2.30. The SMILES string of the molecule is CCc1ccc(/C(O)=C2/C(=O)C(=O)N(c3ccc(F)cc3F)C2c2ccc(C)o2)cc1. The highest BCUT2D eigenvalue weighted by Crippen LogP contribution is 2.43. The number of aryl methyl sites for hydroxylation is 2. The number of aliphatic hydroxyl groups excluding tert-OH is 1. The zero-order chi connectivity index (χ0) is 22.3. The molecule has 2 aromatic carbocycles. The van der Waals surface area contributed by atoms with Crippen LogP contribution in [0.1, 0.15) is 35.6 Å². The maximum atomic E-state index is 14.6. The Bertz CT molecular complexity index is 1210. The Labute approximate surface area is 177 Å². The average molecular weight is 423 g/mol. The zero-order valence-electron chi connectivity index (χ0n) is 16.9. The lowest BCUT2D eigenvalue weighted by Gasteiger charge is -2.23. The lowest BCUT2D eigenvalue weighted by molar-refractivity contribution is -0.132. The van der Waals surface area contributed by atoms with E-state index in [1.54, 1.807) is 43.3 Å². The molecule has 1 aliphatic heterocycles. The van der Waals surface area contributed by atoms with E-state index in [-0.39, 0.29) is 17.0 Å². The third kappa shape index (κ3) is 3.52. The first-order valence-electron chi connectivity index (χ1n) is 9.73. The predicted octanol–water partition coefficient (Wildman–Crippen LogP) is 5.05. The maximum Gasteiger partial charge on any atom is 0.300 e. The number of amides is 1. The van der Waals surface area contributed by atoms with Crippen molar-refractivity contribution in [3.8, 4) is 0 Å². The summed E-state index contributed by atoms with van der Waals surface area (Å²) >= 11 is 0. The molecule has 1 aliphatic rings. The van der Waals surface area contributed by atoms with Crippen molar-refractivity contribution >= 4 is 23.1 Å². The third-order valence-electron chi connectivity index (χ3n) is 5.28. The van der Waals surface area contributed by atoms with Crippen LogP contribution in [0, 0.1) is 18.6 Å². The molecule has 2 heterocycles. The summed E-state index contributed by atoms with van der Waals surface area (Å²) in [5, 5.41) is 11.0. The van der Waals surface area contributed by atoms with E-state index in [1.807, 2.05) is 6.92 Å². The molecule has 158 valence electrons. The zero-order valence-corrected chi connectivity index (χ0v) is 16.9. The van der Waals surface area contributed by atoms with Gasteiger partial charge < -0.3 is 9.52 Å². The monoisotopic (exact) mass is 423 g/mol. The van der Waals surface area contributed by atoms with Crippen LogP contribution in [0.25, 0.3) is 5.76 Å². The quantitative estimate of drug-likeness (QED) is 0.362. The summed E-state index contributed by atoms with van der Waals surface area (Å²) in [6.45, 7) is 3.66. The number of anilines is 1. The minimum atomic E-state index is -1.21. The van der Waals surface area contributed by atoms with E-state index in [2.05, 4.69) is 0 Å². The number of aliphatic hydroxyl groups is 1. The molecule has 3 aromatic rings. The molecule has 4 rings (SSSR count). The van der Waals surface area contributed by atoms with Gasteiger partial charge in [0.05, 0.1) is 11.3 Å². The smallest absolute Gasteiger partial charge is 0.300 e. The molecule has 0 radical (unpaired) electrons. The van der Waals surface area contributed by atoms with Crippen LogP contribution in [-0.4, -0.2) is 16.8 Å². The minimum absolute atomic E-state index is 0.173. The van der Waals surface area contributed by atoms with Crippen molar-refractivity contribution in [2.24, 2.45) is 0 Å². The Kier molecular flexibility index (Phi) is 5.19. The predicted molar refractivity (Wildman–Crippen MR) is 110 cm³/mol. The van der Waals surface area contributed by atoms with E-state index in [0.717, 1.165) is 29.0 Å². The van der Waals surface area contributed by atoms with Crippen LogP contribution in [0.15, 0.2) is 64.6 Å². The Morgan fingerprint density at radius 3 is 2.35 bits per heavy atom. The first-order chi connectivity index (χ1) is 14.8. The van der Waals surface area contributed by atoms with Gasteiger partial charge in [-0.1, -0.05) is 31.2 Å². The molecule has 1 unspecified atom stereocenters.